The molecule has 2 N–H and O–H groups in total. The normalized spacial score (nSPS) is 13.2. The maximum atomic E-state index is 6.04. The Morgan fingerprint density at radius 3 is 2.07 bits per heavy atom. The lowest BCUT2D eigenvalue weighted by atomic mass is 10.1. The monoisotopic (exact) mass is 464 g/mol. The van der Waals surface area contributed by atoms with E-state index < -0.39 is 0 Å². The molecule has 0 atom stereocenters. The molecule has 0 saturated carbocycles. The minimum atomic E-state index is 0. The van der Waals surface area contributed by atoms with Crippen molar-refractivity contribution in [3.05, 3.63) is 81.9 Å². The lowest BCUT2D eigenvalue weighted by molar-refractivity contribution is 0.918. The van der Waals surface area contributed by atoms with Crippen molar-refractivity contribution in [3.63, 3.8) is 0 Å². The minimum absolute atomic E-state index is 0. The summed E-state index contributed by atoms with van der Waals surface area (Å²) in [6, 6.07) is 15.3. The number of hydrazone groups is 1. The summed E-state index contributed by atoms with van der Waals surface area (Å²) >= 11 is 12.1. The van der Waals surface area contributed by atoms with E-state index >= 15 is 0 Å². The fourth-order valence-corrected chi connectivity index (χ4v) is 2.70. The number of hydrogen-bond acceptors (Lipinski definition) is 4. The predicted molar refractivity (Wildman–Crippen MR) is 122 cm³/mol. The van der Waals surface area contributed by atoms with Gasteiger partial charge >= 0.3 is 0 Å². The van der Waals surface area contributed by atoms with Crippen LogP contribution in [0.1, 0.15) is 11.1 Å². The molecule has 7 heteroatoms. The molecule has 0 fully saturated rings. The van der Waals surface area contributed by atoms with E-state index in [0.29, 0.717) is 16.0 Å². The molecule has 2 aromatic carbocycles. The largest absolute Gasteiger partial charge is 0.353 e. The van der Waals surface area contributed by atoms with Crippen molar-refractivity contribution >= 4 is 64.0 Å². The molecule has 0 saturated heterocycles. The Balaban J connectivity index is 0.00000261. The Morgan fingerprint density at radius 1 is 1.00 bits per heavy atom. The van der Waals surface area contributed by atoms with Gasteiger partial charge in [0, 0.05) is 16.6 Å². The molecule has 3 rings (SSSR count). The summed E-state index contributed by atoms with van der Waals surface area (Å²) in [4.78, 5) is 4.27. The third-order valence-corrected chi connectivity index (χ3v) is 4.03. The van der Waals surface area contributed by atoms with Gasteiger partial charge in [-0.2, -0.15) is 5.10 Å². The molecule has 0 unspecified atom stereocenters. The third kappa shape index (κ3) is 7.21. The number of nitrogens with zero attached hydrogens (tertiary/aromatic N) is 2. The third-order valence-electron chi connectivity index (χ3n) is 3.56. The summed E-state index contributed by atoms with van der Waals surface area (Å²) in [6.45, 7) is 1.58. The topological polar surface area (TPSA) is 48.8 Å². The molecule has 27 heavy (non-hydrogen) atoms. The summed E-state index contributed by atoms with van der Waals surface area (Å²) < 4.78 is 0. The standard InChI is InChI=1S/C20H18Cl2N4.BrH/c21-17-5-1-3-15(13-17)7-9-19(25-26-20-23-11-12-24-20)10-8-16-4-2-6-18(22)14-16;/h1-10,13-14H,11-12H2,(H2,23,24,26);1H/b9-7+,10-8+;. The van der Waals surface area contributed by atoms with Crippen LogP contribution in [0.3, 0.4) is 0 Å². The quantitative estimate of drug-likeness (QED) is 0.470. The van der Waals surface area contributed by atoms with Crippen LogP contribution in [0.4, 0.5) is 0 Å². The molecular formula is C20H19BrCl2N4. The first-order valence-corrected chi connectivity index (χ1v) is 8.94. The van der Waals surface area contributed by atoms with Gasteiger partial charge in [0.05, 0.1) is 12.3 Å². The second-order valence-corrected chi connectivity index (χ2v) is 6.46. The molecule has 0 radical (unpaired) electrons. The molecule has 0 bridgehead atoms. The number of hydrogen-bond donors (Lipinski definition) is 2. The van der Waals surface area contributed by atoms with Crippen LogP contribution in [0.25, 0.3) is 12.2 Å². The highest BCUT2D eigenvalue weighted by Gasteiger charge is 2.02. The van der Waals surface area contributed by atoms with Gasteiger partial charge in [0.2, 0.25) is 5.96 Å². The number of halogens is 3. The minimum Gasteiger partial charge on any atom is -0.353 e. The zero-order valence-electron chi connectivity index (χ0n) is 14.4. The predicted octanol–water partition coefficient (Wildman–Crippen LogP) is 5.20. The molecule has 1 aliphatic rings. The second-order valence-electron chi connectivity index (χ2n) is 5.58. The molecular weight excluding hydrogens is 447 g/mol. The van der Waals surface area contributed by atoms with Crippen molar-refractivity contribution in [3.8, 4) is 0 Å². The van der Waals surface area contributed by atoms with Gasteiger partial charge in [-0.05, 0) is 47.5 Å². The van der Waals surface area contributed by atoms with Crippen LogP contribution in [0, 0.1) is 0 Å². The summed E-state index contributed by atoms with van der Waals surface area (Å²) in [6.07, 6.45) is 7.74. The van der Waals surface area contributed by atoms with Gasteiger partial charge in [-0.15, -0.1) is 17.0 Å². The van der Waals surface area contributed by atoms with Crippen LogP contribution >= 0.6 is 40.2 Å². The van der Waals surface area contributed by atoms with E-state index in [1.54, 1.807) is 0 Å². The van der Waals surface area contributed by atoms with Gasteiger partial charge in [0.15, 0.2) is 0 Å². The van der Waals surface area contributed by atoms with E-state index in [9.17, 15) is 0 Å². The molecule has 0 aliphatic carbocycles. The number of benzene rings is 2. The summed E-state index contributed by atoms with van der Waals surface area (Å²) in [5, 5.41) is 8.93. The average Bonchev–Trinajstić information content (AvgIpc) is 3.15. The van der Waals surface area contributed by atoms with Crippen LogP contribution < -0.4 is 10.7 Å². The van der Waals surface area contributed by atoms with E-state index in [1.807, 2.05) is 72.8 Å². The maximum Gasteiger partial charge on any atom is 0.212 e. The fraction of sp³-hybridized carbons (Fsp3) is 0.100. The second kappa shape index (κ2) is 10.9. The number of rotatable bonds is 5. The molecule has 0 aromatic heterocycles. The Labute approximate surface area is 179 Å². The Morgan fingerprint density at radius 2 is 1.59 bits per heavy atom. The smallest absolute Gasteiger partial charge is 0.212 e. The highest BCUT2D eigenvalue weighted by Crippen LogP contribution is 2.13. The Bertz CT molecular complexity index is 834. The van der Waals surface area contributed by atoms with Gasteiger partial charge in [0.1, 0.15) is 0 Å². The highest BCUT2D eigenvalue weighted by molar-refractivity contribution is 8.93. The maximum absolute atomic E-state index is 6.04. The number of nitrogens with one attached hydrogen (secondary N) is 2. The first-order chi connectivity index (χ1) is 12.7. The van der Waals surface area contributed by atoms with Crippen molar-refractivity contribution in [1.82, 2.24) is 10.7 Å². The fourth-order valence-electron chi connectivity index (χ4n) is 2.30. The summed E-state index contributed by atoms with van der Waals surface area (Å²) in [7, 11) is 0. The Kier molecular flexibility index (Phi) is 8.58. The van der Waals surface area contributed by atoms with Crippen molar-refractivity contribution in [2.45, 2.75) is 0 Å². The molecule has 1 aliphatic heterocycles. The van der Waals surface area contributed by atoms with Crippen LogP contribution in [-0.4, -0.2) is 24.8 Å². The summed E-state index contributed by atoms with van der Waals surface area (Å²) in [5.74, 6) is 0.676. The van der Waals surface area contributed by atoms with E-state index in [0.717, 1.165) is 29.9 Å². The lowest BCUT2D eigenvalue weighted by Gasteiger charge is -2.02. The van der Waals surface area contributed by atoms with Gasteiger partial charge in [-0.1, -0.05) is 59.6 Å². The van der Waals surface area contributed by atoms with Crippen LogP contribution in [0.2, 0.25) is 10.0 Å². The molecule has 0 amide bonds. The molecule has 1 heterocycles. The van der Waals surface area contributed by atoms with E-state index in [4.69, 9.17) is 23.2 Å². The van der Waals surface area contributed by atoms with Crippen LogP contribution in [0.15, 0.2) is 70.8 Å². The van der Waals surface area contributed by atoms with E-state index in [2.05, 4.69) is 20.8 Å². The highest BCUT2D eigenvalue weighted by atomic mass is 79.9. The van der Waals surface area contributed by atoms with Gasteiger partial charge in [0.25, 0.3) is 0 Å². The van der Waals surface area contributed by atoms with Crippen molar-refractivity contribution < 1.29 is 0 Å². The SMILES string of the molecule is Br.Clc1cccc(/C=C/C(/C=C/c2cccc(Cl)c2)=NNC2=NCCN2)c1. The van der Waals surface area contributed by atoms with E-state index in [1.165, 1.54) is 0 Å². The van der Waals surface area contributed by atoms with Crippen molar-refractivity contribution in [2.75, 3.05) is 13.1 Å². The lowest BCUT2D eigenvalue weighted by Crippen LogP contribution is -2.30. The van der Waals surface area contributed by atoms with Gasteiger partial charge in [-0.3, -0.25) is 0 Å². The molecule has 2 aromatic rings. The molecule has 4 nitrogen and oxygen atoms in total. The number of allylic oxidation sites excluding steroid dienone is 2. The van der Waals surface area contributed by atoms with Gasteiger partial charge < -0.3 is 5.32 Å². The average molecular weight is 466 g/mol. The number of aliphatic imine (C=N–C) groups is 1. The summed E-state index contributed by atoms with van der Waals surface area (Å²) in [5.41, 5.74) is 5.68. The van der Waals surface area contributed by atoms with Crippen molar-refractivity contribution in [2.24, 2.45) is 10.1 Å². The zero-order valence-corrected chi connectivity index (χ0v) is 17.6. The van der Waals surface area contributed by atoms with E-state index in [-0.39, 0.29) is 17.0 Å². The number of guanidine groups is 1. The van der Waals surface area contributed by atoms with Crippen molar-refractivity contribution in [1.29, 1.82) is 0 Å². The van der Waals surface area contributed by atoms with Crippen LogP contribution in [0.5, 0.6) is 0 Å². The first kappa shape index (κ1) is 21.2. The van der Waals surface area contributed by atoms with Gasteiger partial charge in [-0.25, -0.2) is 10.4 Å². The van der Waals surface area contributed by atoms with Crippen LogP contribution in [-0.2, 0) is 0 Å². The first-order valence-electron chi connectivity index (χ1n) is 8.18. The zero-order chi connectivity index (χ0) is 18.2. The Hall–Kier alpha value is -2.08. The molecule has 140 valence electrons. The molecule has 0 spiro atoms.